The Bertz CT molecular complexity index is 1250. The zero-order valence-corrected chi connectivity index (χ0v) is 20.7. The molecule has 196 valence electrons. The van der Waals surface area contributed by atoms with Crippen LogP contribution in [0.5, 0.6) is 0 Å². The molecule has 2 saturated heterocycles. The van der Waals surface area contributed by atoms with Crippen LogP contribution >= 0.6 is 0 Å². The van der Waals surface area contributed by atoms with Crippen molar-refractivity contribution in [1.82, 2.24) is 14.8 Å². The van der Waals surface area contributed by atoms with E-state index in [1.807, 2.05) is 6.07 Å². The van der Waals surface area contributed by atoms with Crippen LogP contribution in [0, 0.1) is 11.6 Å². The van der Waals surface area contributed by atoms with Crippen molar-refractivity contribution in [1.29, 1.82) is 0 Å². The van der Waals surface area contributed by atoms with E-state index in [0.717, 1.165) is 49.6 Å². The Morgan fingerprint density at radius 1 is 1.08 bits per heavy atom. The Morgan fingerprint density at radius 3 is 2.46 bits per heavy atom. The first-order valence-corrected chi connectivity index (χ1v) is 12.9. The predicted molar refractivity (Wildman–Crippen MR) is 139 cm³/mol. The van der Waals surface area contributed by atoms with Crippen LogP contribution in [-0.4, -0.2) is 75.3 Å². The van der Waals surface area contributed by atoms with Crippen molar-refractivity contribution in [2.45, 2.75) is 43.3 Å². The summed E-state index contributed by atoms with van der Waals surface area (Å²) in [7, 11) is 0. The Hall–Kier alpha value is -3.07. The highest BCUT2D eigenvalue weighted by molar-refractivity contribution is 5.91. The predicted octanol–water partition coefficient (Wildman–Crippen LogP) is 4.05. The van der Waals surface area contributed by atoms with Crippen molar-refractivity contribution in [3.63, 3.8) is 0 Å². The SMILES string of the molecule is O=C(C=Cc1cc(F)cc(F)c1)N1CCC(O)(C(O)CN2CCC(c3c[nH]c4ccccc34)CC2)CC1. The number of nitrogens with zero attached hydrogens (tertiary/aromatic N) is 2. The molecule has 37 heavy (non-hydrogen) atoms. The molecule has 0 aliphatic carbocycles. The van der Waals surface area contributed by atoms with Gasteiger partial charge in [0.2, 0.25) is 5.91 Å². The summed E-state index contributed by atoms with van der Waals surface area (Å²) in [6.07, 6.45) is 6.41. The number of piperidine rings is 2. The van der Waals surface area contributed by atoms with E-state index < -0.39 is 23.3 Å². The van der Waals surface area contributed by atoms with E-state index in [4.69, 9.17) is 0 Å². The summed E-state index contributed by atoms with van der Waals surface area (Å²) >= 11 is 0. The topological polar surface area (TPSA) is 79.8 Å². The molecule has 0 bridgehead atoms. The molecular weight excluding hydrogens is 476 g/mol. The molecule has 0 radical (unpaired) electrons. The minimum Gasteiger partial charge on any atom is -0.389 e. The van der Waals surface area contributed by atoms with Gasteiger partial charge in [-0.2, -0.15) is 0 Å². The van der Waals surface area contributed by atoms with Crippen LogP contribution in [0.3, 0.4) is 0 Å². The normalized spacial score (nSPS) is 20.1. The van der Waals surface area contributed by atoms with Gasteiger partial charge in [-0.1, -0.05) is 18.2 Å². The summed E-state index contributed by atoms with van der Waals surface area (Å²) in [4.78, 5) is 19.7. The first-order chi connectivity index (χ1) is 17.8. The van der Waals surface area contributed by atoms with Crippen LogP contribution in [0.15, 0.2) is 54.7 Å². The van der Waals surface area contributed by atoms with Crippen LogP contribution in [0.2, 0.25) is 0 Å². The molecule has 0 saturated carbocycles. The Kier molecular flexibility index (Phi) is 7.42. The number of para-hydroxylation sites is 1. The minimum absolute atomic E-state index is 0.267. The number of benzene rings is 2. The smallest absolute Gasteiger partial charge is 0.246 e. The number of fused-ring (bicyclic) bond motifs is 1. The molecule has 8 heteroatoms. The van der Waals surface area contributed by atoms with Crippen molar-refractivity contribution in [3.05, 3.63) is 77.5 Å². The van der Waals surface area contributed by atoms with Crippen molar-refractivity contribution < 1.29 is 23.8 Å². The fourth-order valence-electron chi connectivity index (χ4n) is 5.66. The van der Waals surface area contributed by atoms with Crippen molar-refractivity contribution >= 4 is 22.9 Å². The molecule has 2 aromatic carbocycles. The highest BCUT2D eigenvalue weighted by Crippen LogP contribution is 2.34. The molecule has 2 fully saturated rings. The molecule has 3 N–H and O–H groups in total. The number of aliphatic hydroxyl groups is 2. The van der Waals surface area contributed by atoms with Gasteiger partial charge in [-0.15, -0.1) is 0 Å². The number of carbonyl (C=O) groups is 1. The molecule has 1 atom stereocenters. The number of rotatable bonds is 6. The summed E-state index contributed by atoms with van der Waals surface area (Å²) in [5.74, 6) is -1.23. The number of halogens is 2. The van der Waals surface area contributed by atoms with Gasteiger partial charge in [-0.3, -0.25) is 4.79 Å². The van der Waals surface area contributed by atoms with Crippen molar-refractivity contribution in [2.24, 2.45) is 0 Å². The third-order valence-corrected chi connectivity index (χ3v) is 7.94. The van der Waals surface area contributed by atoms with E-state index in [1.54, 1.807) is 4.90 Å². The maximum atomic E-state index is 13.4. The number of nitrogens with one attached hydrogen (secondary N) is 1. The summed E-state index contributed by atoms with van der Waals surface area (Å²) in [5, 5.41) is 23.3. The molecule has 1 unspecified atom stereocenters. The fourth-order valence-corrected chi connectivity index (χ4v) is 5.66. The van der Waals surface area contributed by atoms with Gasteiger partial charge in [0, 0.05) is 48.9 Å². The van der Waals surface area contributed by atoms with Gasteiger partial charge in [-0.25, -0.2) is 8.78 Å². The molecule has 3 heterocycles. The van der Waals surface area contributed by atoms with Gasteiger partial charge in [0.15, 0.2) is 0 Å². The summed E-state index contributed by atoms with van der Waals surface area (Å²) in [6, 6.07) is 11.4. The standard InChI is InChI=1S/C29H33F2N3O3/c30-22-15-20(16-23(31)17-22)5-6-28(36)34-13-9-29(37,10-14-34)27(35)19-33-11-7-21(8-12-33)25-18-32-26-4-2-1-3-24(25)26/h1-6,15-18,21,27,32,35,37H,7-14,19H2. The Labute approximate surface area is 215 Å². The lowest BCUT2D eigenvalue weighted by atomic mass is 9.84. The van der Waals surface area contributed by atoms with E-state index in [-0.39, 0.29) is 24.3 Å². The molecule has 3 aromatic rings. The van der Waals surface area contributed by atoms with E-state index in [2.05, 4.69) is 34.3 Å². The number of H-pyrrole nitrogens is 1. The second-order valence-corrected chi connectivity index (χ2v) is 10.3. The number of likely N-dealkylation sites (tertiary alicyclic amines) is 2. The van der Waals surface area contributed by atoms with E-state index in [9.17, 15) is 23.8 Å². The summed E-state index contributed by atoms with van der Waals surface area (Å²) in [6.45, 7) is 2.71. The lowest BCUT2D eigenvalue weighted by molar-refractivity contribution is -0.140. The number of carbonyl (C=O) groups excluding carboxylic acids is 1. The molecule has 5 rings (SSSR count). The second kappa shape index (κ2) is 10.7. The quantitative estimate of drug-likeness (QED) is 0.438. The molecule has 2 aliphatic rings. The number of hydrogen-bond donors (Lipinski definition) is 3. The van der Waals surface area contributed by atoms with Crippen LogP contribution in [-0.2, 0) is 4.79 Å². The van der Waals surface area contributed by atoms with Crippen molar-refractivity contribution in [3.8, 4) is 0 Å². The number of amides is 1. The fraction of sp³-hybridized carbons (Fsp3) is 0.414. The van der Waals surface area contributed by atoms with Gasteiger partial charge in [0.1, 0.15) is 11.6 Å². The molecule has 2 aliphatic heterocycles. The van der Waals surface area contributed by atoms with Crippen LogP contribution in [0.4, 0.5) is 8.78 Å². The first-order valence-electron chi connectivity index (χ1n) is 12.9. The highest BCUT2D eigenvalue weighted by atomic mass is 19.1. The third kappa shape index (κ3) is 5.76. The zero-order chi connectivity index (χ0) is 26.0. The number of aromatic amines is 1. The van der Waals surface area contributed by atoms with Gasteiger partial charge in [0.25, 0.3) is 0 Å². The lowest BCUT2D eigenvalue weighted by Crippen LogP contribution is -2.56. The number of hydrogen-bond acceptors (Lipinski definition) is 4. The maximum absolute atomic E-state index is 13.4. The Morgan fingerprint density at radius 2 is 1.76 bits per heavy atom. The monoisotopic (exact) mass is 509 g/mol. The average Bonchev–Trinajstić information content (AvgIpc) is 3.32. The number of aromatic nitrogens is 1. The number of aliphatic hydroxyl groups excluding tert-OH is 1. The van der Waals surface area contributed by atoms with Crippen LogP contribution in [0.25, 0.3) is 17.0 Å². The van der Waals surface area contributed by atoms with Gasteiger partial charge in [0.05, 0.1) is 11.7 Å². The average molecular weight is 510 g/mol. The number of β-amino-alcohol motifs (C(OH)–C–C–N with tert-alkyl or cyclic N) is 1. The summed E-state index contributed by atoms with van der Waals surface area (Å²) in [5.41, 5.74) is 1.52. The maximum Gasteiger partial charge on any atom is 0.246 e. The van der Waals surface area contributed by atoms with E-state index >= 15 is 0 Å². The molecule has 1 amide bonds. The second-order valence-electron chi connectivity index (χ2n) is 10.3. The molecule has 1 aromatic heterocycles. The van der Waals surface area contributed by atoms with Crippen LogP contribution in [0.1, 0.15) is 42.7 Å². The molecule has 6 nitrogen and oxygen atoms in total. The molecule has 0 spiro atoms. The van der Waals surface area contributed by atoms with Gasteiger partial charge >= 0.3 is 0 Å². The summed E-state index contributed by atoms with van der Waals surface area (Å²) < 4.78 is 26.7. The van der Waals surface area contributed by atoms with Crippen molar-refractivity contribution in [2.75, 3.05) is 32.7 Å². The molecular formula is C29H33F2N3O3. The lowest BCUT2D eigenvalue weighted by Gasteiger charge is -2.43. The van der Waals surface area contributed by atoms with Gasteiger partial charge < -0.3 is 25.0 Å². The zero-order valence-electron chi connectivity index (χ0n) is 20.7. The minimum atomic E-state index is -1.25. The Balaban J connectivity index is 1.10. The third-order valence-electron chi connectivity index (χ3n) is 7.94. The first kappa shape index (κ1) is 25.6. The highest BCUT2D eigenvalue weighted by Gasteiger charge is 2.40. The van der Waals surface area contributed by atoms with E-state index in [1.165, 1.54) is 23.1 Å². The largest absolute Gasteiger partial charge is 0.389 e. The van der Waals surface area contributed by atoms with Gasteiger partial charge in [-0.05, 0) is 80.1 Å². The van der Waals surface area contributed by atoms with E-state index in [0.29, 0.717) is 25.6 Å². The van der Waals surface area contributed by atoms with Crippen LogP contribution < -0.4 is 0 Å².